The summed E-state index contributed by atoms with van der Waals surface area (Å²) in [5, 5.41) is 3.84. The number of rotatable bonds is 9. The fourth-order valence-electron chi connectivity index (χ4n) is 5.57. The quantitative estimate of drug-likeness (QED) is 0.181. The molecule has 11 heteroatoms. The molecule has 46 heavy (non-hydrogen) atoms. The normalized spacial score (nSPS) is 15.7. The van der Waals surface area contributed by atoms with Gasteiger partial charge in [-0.3, -0.25) is 4.79 Å². The number of amides is 1. The number of para-hydroxylation sites is 1. The van der Waals surface area contributed by atoms with E-state index in [1.54, 1.807) is 30.3 Å². The van der Waals surface area contributed by atoms with Crippen molar-refractivity contribution in [3.63, 3.8) is 0 Å². The minimum atomic E-state index is -4.88. The van der Waals surface area contributed by atoms with Crippen LogP contribution in [0.5, 0.6) is 5.75 Å². The van der Waals surface area contributed by atoms with Crippen LogP contribution < -0.4 is 4.74 Å². The maximum absolute atomic E-state index is 14.1. The molecule has 8 nitrogen and oxygen atoms in total. The number of pyridine rings is 1. The van der Waals surface area contributed by atoms with E-state index >= 15 is 0 Å². The van der Waals surface area contributed by atoms with Gasteiger partial charge in [0.15, 0.2) is 11.5 Å². The third-order valence-corrected chi connectivity index (χ3v) is 8.15. The first kappa shape index (κ1) is 31.1. The summed E-state index contributed by atoms with van der Waals surface area (Å²) >= 11 is 0. The zero-order chi connectivity index (χ0) is 32.4. The summed E-state index contributed by atoms with van der Waals surface area (Å²) in [4.78, 5) is 31.0. The number of halogens is 3. The van der Waals surface area contributed by atoms with Crippen molar-refractivity contribution in [1.82, 2.24) is 19.7 Å². The Bertz CT molecular complexity index is 1780. The van der Waals surface area contributed by atoms with E-state index in [0.29, 0.717) is 28.2 Å². The summed E-state index contributed by atoms with van der Waals surface area (Å²) in [6.07, 6.45) is 0.578. The standard InChI is InChI=1S/C35H33F3N4O4/c1-3-45-34(44)28-21-39-42(32(28)35(36,37)38)31-10-6-8-29(40-31)27-7-4-5-9-30(27)46-22(2)23-11-13-24(14-12-23)25-17-19-41(20-18-25)33(43)26-15-16-26/h4-14,17,21-22,26H,3,15-16,18-20H2,1-2H3. The number of carbonyl (C=O) groups is 2. The lowest BCUT2D eigenvalue weighted by Crippen LogP contribution is -2.35. The first-order chi connectivity index (χ1) is 22.1. The largest absolute Gasteiger partial charge is 0.485 e. The van der Waals surface area contributed by atoms with Gasteiger partial charge in [-0.2, -0.15) is 18.3 Å². The molecule has 2 aromatic carbocycles. The van der Waals surface area contributed by atoms with E-state index in [-0.39, 0.29) is 30.4 Å². The number of ether oxygens (including phenoxy) is 2. The van der Waals surface area contributed by atoms with Crippen LogP contribution in [0.1, 0.15) is 66.4 Å². The molecule has 0 bridgehead atoms. The number of nitrogens with zero attached hydrogens (tertiary/aromatic N) is 4. The van der Waals surface area contributed by atoms with Crippen LogP contribution in [0.15, 0.2) is 79.0 Å². The summed E-state index contributed by atoms with van der Waals surface area (Å²) < 4.78 is 54.0. The molecule has 0 spiro atoms. The van der Waals surface area contributed by atoms with Crippen LogP contribution in [0.25, 0.3) is 22.6 Å². The predicted molar refractivity (Wildman–Crippen MR) is 165 cm³/mol. The van der Waals surface area contributed by atoms with Crippen molar-refractivity contribution in [3.05, 3.63) is 101 Å². The zero-order valence-electron chi connectivity index (χ0n) is 25.5. The average molecular weight is 631 g/mol. The fourth-order valence-corrected chi connectivity index (χ4v) is 5.57. The average Bonchev–Trinajstić information content (AvgIpc) is 3.81. The number of alkyl halides is 3. The molecule has 1 aliphatic carbocycles. The number of carbonyl (C=O) groups excluding carboxylic acids is 2. The summed E-state index contributed by atoms with van der Waals surface area (Å²) in [5.74, 6) is -0.223. The van der Waals surface area contributed by atoms with E-state index in [2.05, 4.69) is 28.3 Å². The van der Waals surface area contributed by atoms with Crippen LogP contribution in [0.3, 0.4) is 0 Å². The van der Waals surface area contributed by atoms with Crippen LogP contribution in [-0.2, 0) is 15.7 Å². The van der Waals surface area contributed by atoms with Crippen molar-refractivity contribution in [2.75, 3.05) is 19.7 Å². The third-order valence-electron chi connectivity index (χ3n) is 8.15. The van der Waals surface area contributed by atoms with E-state index < -0.39 is 23.4 Å². The Morgan fingerprint density at radius 3 is 2.46 bits per heavy atom. The molecule has 238 valence electrons. The molecule has 1 saturated carbocycles. The Morgan fingerprint density at radius 2 is 1.78 bits per heavy atom. The smallest absolute Gasteiger partial charge is 0.434 e. The van der Waals surface area contributed by atoms with E-state index in [1.807, 2.05) is 30.0 Å². The molecule has 1 aliphatic heterocycles. The van der Waals surface area contributed by atoms with Crippen molar-refractivity contribution in [1.29, 1.82) is 0 Å². The van der Waals surface area contributed by atoms with Gasteiger partial charge in [0.2, 0.25) is 5.91 Å². The Kier molecular flexibility index (Phi) is 8.66. The van der Waals surface area contributed by atoms with Crippen molar-refractivity contribution >= 4 is 17.4 Å². The van der Waals surface area contributed by atoms with Gasteiger partial charge in [-0.15, -0.1) is 0 Å². The second kappa shape index (κ2) is 12.8. The monoisotopic (exact) mass is 630 g/mol. The summed E-state index contributed by atoms with van der Waals surface area (Å²) in [7, 11) is 0. The Labute approximate surface area is 264 Å². The minimum absolute atomic E-state index is 0.0746. The molecule has 0 radical (unpaired) electrons. The van der Waals surface area contributed by atoms with E-state index in [0.717, 1.165) is 43.1 Å². The van der Waals surface area contributed by atoms with Crippen LogP contribution in [0.4, 0.5) is 13.2 Å². The first-order valence-electron chi connectivity index (χ1n) is 15.3. The molecule has 1 unspecified atom stereocenters. The number of aromatic nitrogens is 3. The maximum Gasteiger partial charge on any atom is 0.434 e. The molecule has 0 saturated heterocycles. The first-order valence-corrected chi connectivity index (χ1v) is 15.3. The molecule has 6 rings (SSSR count). The fraction of sp³-hybridized carbons (Fsp3) is 0.314. The van der Waals surface area contributed by atoms with Gasteiger partial charge in [-0.05, 0) is 74.1 Å². The highest BCUT2D eigenvalue weighted by Crippen LogP contribution is 2.36. The predicted octanol–water partition coefficient (Wildman–Crippen LogP) is 7.30. The zero-order valence-corrected chi connectivity index (χ0v) is 25.5. The van der Waals surface area contributed by atoms with Gasteiger partial charge in [0.1, 0.15) is 17.4 Å². The molecule has 2 aliphatic rings. The molecule has 0 N–H and O–H groups in total. The summed E-state index contributed by atoms with van der Waals surface area (Å²) in [6.45, 7) is 4.74. The highest BCUT2D eigenvalue weighted by molar-refractivity contribution is 5.90. The number of hydrogen-bond donors (Lipinski definition) is 0. The number of benzene rings is 2. The van der Waals surface area contributed by atoms with E-state index in [1.165, 1.54) is 18.6 Å². The lowest BCUT2D eigenvalue weighted by Gasteiger charge is -2.27. The van der Waals surface area contributed by atoms with Crippen molar-refractivity contribution in [3.8, 4) is 22.8 Å². The highest BCUT2D eigenvalue weighted by atomic mass is 19.4. The number of esters is 1. The Balaban J connectivity index is 1.20. The topological polar surface area (TPSA) is 86.5 Å². The lowest BCUT2D eigenvalue weighted by molar-refractivity contribution is -0.143. The maximum atomic E-state index is 14.1. The van der Waals surface area contributed by atoms with Crippen LogP contribution in [-0.4, -0.2) is 51.2 Å². The van der Waals surface area contributed by atoms with Crippen molar-refractivity contribution in [2.45, 2.75) is 45.4 Å². The molecule has 1 amide bonds. The highest BCUT2D eigenvalue weighted by Gasteiger charge is 2.41. The minimum Gasteiger partial charge on any atom is -0.485 e. The summed E-state index contributed by atoms with van der Waals surface area (Å²) in [5.41, 5.74) is 2.28. The van der Waals surface area contributed by atoms with Gasteiger partial charge >= 0.3 is 12.1 Å². The SMILES string of the molecule is CCOC(=O)c1cnn(-c2cccc(-c3ccccc3OC(C)c3ccc(C4=CCN(C(=O)C5CC5)CC4)cc3)n2)c1C(F)(F)F. The molecule has 2 aromatic heterocycles. The molecular formula is C35H33F3N4O4. The van der Waals surface area contributed by atoms with Gasteiger partial charge in [0.25, 0.3) is 0 Å². The van der Waals surface area contributed by atoms with E-state index in [9.17, 15) is 22.8 Å². The molecule has 3 heterocycles. The van der Waals surface area contributed by atoms with Crippen molar-refractivity contribution in [2.24, 2.45) is 5.92 Å². The Hall–Kier alpha value is -4.93. The lowest BCUT2D eigenvalue weighted by atomic mass is 9.97. The van der Waals surface area contributed by atoms with Gasteiger partial charge in [-0.25, -0.2) is 14.5 Å². The Morgan fingerprint density at radius 1 is 1.02 bits per heavy atom. The molecule has 1 atom stereocenters. The number of hydrogen-bond acceptors (Lipinski definition) is 6. The van der Waals surface area contributed by atoms with E-state index in [4.69, 9.17) is 9.47 Å². The van der Waals surface area contributed by atoms with Gasteiger partial charge in [-0.1, -0.05) is 48.5 Å². The molecule has 1 fully saturated rings. The van der Waals surface area contributed by atoms with Gasteiger partial charge in [0.05, 0.1) is 18.5 Å². The van der Waals surface area contributed by atoms with Gasteiger partial charge in [0, 0.05) is 24.6 Å². The van der Waals surface area contributed by atoms with Crippen LogP contribution >= 0.6 is 0 Å². The van der Waals surface area contributed by atoms with Crippen LogP contribution in [0, 0.1) is 5.92 Å². The third kappa shape index (κ3) is 6.54. The second-order valence-electron chi connectivity index (χ2n) is 11.3. The molecular weight excluding hydrogens is 597 g/mol. The van der Waals surface area contributed by atoms with Gasteiger partial charge < -0.3 is 14.4 Å². The van der Waals surface area contributed by atoms with Crippen LogP contribution in [0.2, 0.25) is 0 Å². The molecule has 4 aromatic rings. The summed E-state index contributed by atoms with van der Waals surface area (Å²) in [6, 6.07) is 19.9. The second-order valence-corrected chi connectivity index (χ2v) is 11.3. The van der Waals surface area contributed by atoms with Crippen molar-refractivity contribution < 1.29 is 32.2 Å².